The number of nitrogens with zero attached hydrogens (tertiary/aromatic N) is 4. The Morgan fingerprint density at radius 2 is 2.10 bits per heavy atom. The Hall–Kier alpha value is -2.74. The van der Waals surface area contributed by atoms with Crippen LogP contribution in [0.3, 0.4) is 0 Å². The molecule has 2 amide bonds. The van der Waals surface area contributed by atoms with E-state index in [0.29, 0.717) is 18.4 Å². The van der Waals surface area contributed by atoms with E-state index in [1.54, 1.807) is 0 Å². The van der Waals surface area contributed by atoms with Crippen LogP contribution in [0.1, 0.15) is 43.5 Å². The molecular formula is C22H30N6O2. The van der Waals surface area contributed by atoms with Gasteiger partial charge in [-0.2, -0.15) is 0 Å². The van der Waals surface area contributed by atoms with E-state index in [-0.39, 0.29) is 12.1 Å². The van der Waals surface area contributed by atoms with Gasteiger partial charge >= 0.3 is 6.03 Å². The number of hydrogen-bond donors (Lipinski definition) is 3. The predicted molar refractivity (Wildman–Crippen MR) is 113 cm³/mol. The quantitative estimate of drug-likeness (QED) is 0.389. The highest BCUT2D eigenvalue weighted by molar-refractivity contribution is 5.77. The molecule has 0 bridgehead atoms. The highest BCUT2D eigenvalue weighted by Gasteiger charge is 2.42. The van der Waals surface area contributed by atoms with E-state index in [0.717, 1.165) is 43.6 Å². The van der Waals surface area contributed by atoms with Gasteiger partial charge in [-0.25, -0.2) is 9.89 Å². The summed E-state index contributed by atoms with van der Waals surface area (Å²) in [6.07, 6.45) is 10.4. The topological polar surface area (TPSA) is 107 Å². The number of hydrogen-bond acceptors (Lipinski definition) is 5. The Bertz CT molecular complexity index is 835. The lowest BCUT2D eigenvalue weighted by atomic mass is 9.95. The van der Waals surface area contributed by atoms with Crippen molar-refractivity contribution in [3.63, 3.8) is 0 Å². The van der Waals surface area contributed by atoms with Crippen LogP contribution in [-0.2, 0) is 12.8 Å². The van der Waals surface area contributed by atoms with Crippen molar-refractivity contribution < 1.29 is 9.90 Å². The largest absolute Gasteiger partial charge is 0.389 e. The zero-order valence-corrected chi connectivity index (χ0v) is 17.2. The van der Waals surface area contributed by atoms with Gasteiger partial charge in [0.2, 0.25) is 0 Å². The molecule has 2 fully saturated rings. The monoisotopic (exact) mass is 410 g/mol. The van der Waals surface area contributed by atoms with Crippen molar-refractivity contribution in [1.82, 2.24) is 30.8 Å². The maximum Gasteiger partial charge on any atom is 0.318 e. The van der Waals surface area contributed by atoms with Crippen LogP contribution in [0.4, 0.5) is 4.79 Å². The third kappa shape index (κ3) is 5.44. The standard InChI is InChI=1S/C22H30N6O2/c29-19(14-17-6-2-1-3-7-17)9-8-18-16-23-21(30)28(18)13-5-4-10-22(11-12-22)15-20-24-26-27-25-20/h1-3,6-9,18-19,29H,4-5,10-16H2,(H,23,30)(H,24,25,26,27)/t18-,19?/m0/s1. The van der Waals surface area contributed by atoms with E-state index in [1.165, 1.54) is 12.8 Å². The van der Waals surface area contributed by atoms with Gasteiger partial charge in [0.25, 0.3) is 0 Å². The average Bonchev–Trinajstić information content (AvgIpc) is 3.14. The molecule has 1 saturated carbocycles. The lowest BCUT2D eigenvalue weighted by Crippen LogP contribution is -2.34. The molecule has 4 rings (SSSR count). The normalized spacial score (nSPS) is 21.2. The van der Waals surface area contributed by atoms with Crippen LogP contribution in [0.5, 0.6) is 0 Å². The van der Waals surface area contributed by atoms with Gasteiger partial charge in [0, 0.05) is 25.9 Å². The number of nitrogens with one attached hydrogen (secondary N) is 2. The minimum atomic E-state index is -0.551. The van der Waals surface area contributed by atoms with Crippen molar-refractivity contribution in [3.8, 4) is 0 Å². The van der Waals surface area contributed by atoms with Gasteiger partial charge < -0.3 is 15.3 Å². The molecule has 1 aromatic heterocycles. The lowest BCUT2D eigenvalue weighted by Gasteiger charge is -2.21. The molecule has 160 valence electrons. The van der Waals surface area contributed by atoms with E-state index >= 15 is 0 Å². The number of rotatable bonds is 11. The summed E-state index contributed by atoms with van der Waals surface area (Å²) in [6, 6.07) is 9.91. The number of aliphatic hydroxyl groups is 1. The second-order valence-electron chi connectivity index (χ2n) is 8.57. The third-order valence-corrected chi connectivity index (χ3v) is 6.21. The van der Waals surface area contributed by atoms with Crippen LogP contribution in [0.25, 0.3) is 0 Å². The zero-order valence-electron chi connectivity index (χ0n) is 17.2. The van der Waals surface area contributed by atoms with Crippen molar-refractivity contribution in [2.45, 2.75) is 57.1 Å². The minimum Gasteiger partial charge on any atom is -0.389 e. The summed E-state index contributed by atoms with van der Waals surface area (Å²) in [5, 5.41) is 27.4. The first kappa shape index (κ1) is 20.5. The molecule has 0 radical (unpaired) electrons. The molecule has 1 saturated heterocycles. The van der Waals surface area contributed by atoms with E-state index in [9.17, 15) is 9.90 Å². The number of aromatic amines is 1. The molecule has 30 heavy (non-hydrogen) atoms. The van der Waals surface area contributed by atoms with Gasteiger partial charge in [-0.1, -0.05) is 48.9 Å². The molecule has 1 unspecified atom stereocenters. The molecular weight excluding hydrogens is 380 g/mol. The number of aliphatic hydroxyl groups excluding tert-OH is 1. The third-order valence-electron chi connectivity index (χ3n) is 6.21. The summed E-state index contributed by atoms with van der Waals surface area (Å²) < 4.78 is 0. The Labute approximate surface area is 176 Å². The summed E-state index contributed by atoms with van der Waals surface area (Å²) in [4.78, 5) is 14.1. The second kappa shape index (κ2) is 9.38. The summed E-state index contributed by atoms with van der Waals surface area (Å²) in [7, 11) is 0. The molecule has 2 atom stereocenters. The maximum absolute atomic E-state index is 12.2. The van der Waals surface area contributed by atoms with Crippen LogP contribution in [0, 0.1) is 5.41 Å². The van der Waals surface area contributed by atoms with Crippen molar-refractivity contribution in [3.05, 3.63) is 53.9 Å². The second-order valence-corrected chi connectivity index (χ2v) is 8.57. The maximum atomic E-state index is 12.2. The van der Waals surface area contributed by atoms with Crippen molar-refractivity contribution in [1.29, 1.82) is 0 Å². The van der Waals surface area contributed by atoms with Gasteiger partial charge in [-0.05, 0) is 47.1 Å². The Morgan fingerprint density at radius 3 is 2.83 bits per heavy atom. The summed E-state index contributed by atoms with van der Waals surface area (Å²) in [6.45, 7) is 1.32. The van der Waals surface area contributed by atoms with Gasteiger partial charge in [0.15, 0.2) is 0 Å². The number of tetrazole rings is 1. The molecule has 2 aliphatic rings. The molecule has 2 heterocycles. The smallest absolute Gasteiger partial charge is 0.318 e. The summed E-state index contributed by atoms with van der Waals surface area (Å²) >= 11 is 0. The van der Waals surface area contributed by atoms with Crippen LogP contribution < -0.4 is 5.32 Å². The molecule has 8 nitrogen and oxygen atoms in total. The first-order chi connectivity index (χ1) is 14.6. The number of amides is 2. The predicted octanol–water partition coefficient (Wildman–Crippen LogP) is 2.25. The van der Waals surface area contributed by atoms with Crippen LogP contribution in [0.15, 0.2) is 42.5 Å². The van der Waals surface area contributed by atoms with Crippen molar-refractivity contribution in [2.75, 3.05) is 13.1 Å². The fraction of sp³-hybridized carbons (Fsp3) is 0.545. The van der Waals surface area contributed by atoms with E-state index in [4.69, 9.17) is 0 Å². The van der Waals surface area contributed by atoms with Gasteiger partial charge in [0.05, 0.1) is 12.1 Å². The number of carbonyl (C=O) groups is 1. The highest BCUT2D eigenvalue weighted by atomic mass is 16.3. The molecule has 3 N–H and O–H groups in total. The summed E-state index contributed by atoms with van der Waals surface area (Å²) in [5.41, 5.74) is 1.44. The molecule has 2 aromatic rings. The molecule has 0 spiro atoms. The van der Waals surface area contributed by atoms with Crippen LogP contribution in [0.2, 0.25) is 0 Å². The SMILES string of the molecule is O=C1NC[C@H](C=CC(O)Cc2ccccc2)N1CCCCC1(Cc2nnn[nH]2)CC1. The number of carbonyl (C=O) groups excluding carboxylic acids is 1. The molecule has 1 aromatic carbocycles. The first-order valence-corrected chi connectivity index (χ1v) is 10.8. The first-order valence-electron chi connectivity index (χ1n) is 10.8. The fourth-order valence-electron chi connectivity index (χ4n) is 4.26. The van der Waals surface area contributed by atoms with E-state index in [2.05, 4.69) is 25.9 Å². The van der Waals surface area contributed by atoms with Crippen LogP contribution in [-0.4, -0.2) is 61.9 Å². The Morgan fingerprint density at radius 1 is 1.27 bits per heavy atom. The van der Waals surface area contributed by atoms with Gasteiger partial charge in [-0.15, -0.1) is 5.10 Å². The van der Waals surface area contributed by atoms with E-state index in [1.807, 2.05) is 47.4 Å². The van der Waals surface area contributed by atoms with Crippen molar-refractivity contribution in [2.24, 2.45) is 5.41 Å². The van der Waals surface area contributed by atoms with Gasteiger partial charge in [0.1, 0.15) is 5.82 Å². The lowest BCUT2D eigenvalue weighted by molar-refractivity contribution is 0.206. The number of urea groups is 1. The number of unbranched alkanes of at least 4 members (excludes halogenated alkanes) is 1. The molecule has 1 aliphatic heterocycles. The zero-order chi connectivity index (χ0) is 20.8. The molecule has 8 heteroatoms. The number of H-pyrrole nitrogens is 1. The minimum absolute atomic E-state index is 0.00178. The number of benzene rings is 1. The Balaban J connectivity index is 1.21. The number of aromatic nitrogens is 4. The summed E-state index contributed by atoms with van der Waals surface area (Å²) in [5.74, 6) is 0.866. The highest BCUT2D eigenvalue weighted by Crippen LogP contribution is 2.51. The van der Waals surface area contributed by atoms with E-state index < -0.39 is 6.10 Å². The van der Waals surface area contributed by atoms with Crippen molar-refractivity contribution >= 4 is 6.03 Å². The van der Waals surface area contributed by atoms with Gasteiger partial charge in [-0.3, -0.25) is 0 Å². The molecule has 1 aliphatic carbocycles. The fourth-order valence-corrected chi connectivity index (χ4v) is 4.26. The van der Waals surface area contributed by atoms with Crippen LogP contribution >= 0.6 is 0 Å². The average molecular weight is 411 g/mol. The Kier molecular flexibility index (Phi) is 6.42.